The number of carbonyl (C=O) groups is 2. The summed E-state index contributed by atoms with van der Waals surface area (Å²) < 4.78 is 11.9. The molecule has 2 amide bonds. The number of hydrogen-bond acceptors (Lipinski definition) is 7. The van der Waals surface area contributed by atoms with E-state index >= 15 is 0 Å². The Morgan fingerprint density at radius 2 is 1.46 bits per heavy atom. The Labute approximate surface area is 279 Å². The lowest BCUT2D eigenvalue weighted by Crippen LogP contribution is -2.51. The van der Waals surface area contributed by atoms with E-state index in [2.05, 4.69) is 73.8 Å². The second-order valence-electron chi connectivity index (χ2n) is 13.4. The van der Waals surface area contributed by atoms with Crippen LogP contribution in [0.5, 0.6) is 0 Å². The minimum absolute atomic E-state index is 0.0586. The minimum Gasteiger partial charge on any atom is -0.465 e. The molecule has 4 N–H and O–H groups in total. The molecule has 12 nitrogen and oxygen atoms in total. The number of rotatable bonds is 8. The standard InChI is InChI=1S/C36H43N7O5/c1-22(2)31(42(3)35(45)46)34(44)43-15-4-6-30(43)33-38-20-29(41-33)26-13-9-24(10-14-26)23-7-11-25(12-8-23)28-19-37-32(40-28)27-18-36(21-39-27)47-16-5-17-48-36/h7-14,19-20,22,27,30-31,39H,4-6,15-18,21H2,1-3H3,(H,37,40)(H,38,41)(H,45,46)/t27-,30-,31-/m0/s1. The summed E-state index contributed by atoms with van der Waals surface area (Å²) in [5, 5.41) is 13.0. The van der Waals surface area contributed by atoms with Crippen LogP contribution in [0.1, 0.15) is 63.3 Å². The molecule has 12 heteroatoms. The van der Waals surface area contributed by atoms with Crippen molar-refractivity contribution in [2.24, 2.45) is 5.92 Å². The van der Waals surface area contributed by atoms with Gasteiger partial charge in [-0.3, -0.25) is 9.69 Å². The van der Waals surface area contributed by atoms with E-state index in [1.807, 2.05) is 20.0 Å². The average Bonchev–Trinajstić information content (AvgIpc) is 3.92. The van der Waals surface area contributed by atoms with Crippen molar-refractivity contribution in [2.75, 3.05) is 33.4 Å². The SMILES string of the molecule is CC(C)[C@@H](C(=O)N1CCC[C@H]1c1ncc(-c2ccc(-c3ccc(-c4cnc([C@@H]5CC6(CN5)OCCCO6)[nH]4)cc3)cc2)[nH]1)N(C)C(=O)O. The number of aromatic nitrogens is 4. The van der Waals surface area contributed by atoms with E-state index in [1.54, 1.807) is 11.1 Å². The number of imidazole rings is 2. The molecule has 5 heterocycles. The highest BCUT2D eigenvalue weighted by molar-refractivity contribution is 5.86. The number of nitrogens with one attached hydrogen (secondary N) is 3. The van der Waals surface area contributed by atoms with E-state index in [4.69, 9.17) is 9.47 Å². The summed E-state index contributed by atoms with van der Waals surface area (Å²) in [7, 11) is 1.46. The van der Waals surface area contributed by atoms with Gasteiger partial charge in [-0.15, -0.1) is 0 Å². The van der Waals surface area contributed by atoms with Crippen molar-refractivity contribution in [3.63, 3.8) is 0 Å². The first-order valence-electron chi connectivity index (χ1n) is 16.8. The molecular weight excluding hydrogens is 610 g/mol. The molecule has 0 saturated carbocycles. The Morgan fingerprint density at radius 3 is 2.04 bits per heavy atom. The number of amides is 2. The van der Waals surface area contributed by atoms with Gasteiger partial charge in [0.1, 0.15) is 17.7 Å². The molecule has 2 aromatic heterocycles. The molecule has 0 aliphatic carbocycles. The molecule has 4 aromatic rings. The van der Waals surface area contributed by atoms with Crippen LogP contribution in [0.2, 0.25) is 0 Å². The van der Waals surface area contributed by atoms with Crippen molar-refractivity contribution >= 4 is 12.0 Å². The summed E-state index contributed by atoms with van der Waals surface area (Å²) in [6, 6.07) is 15.9. The number of carboxylic acid groups (broad SMARTS) is 1. The lowest BCUT2D eigenvalue weighted by Gasteiger charge is -2.33. The van der Waals surface area contributed by atoms with E-state index in [1.165, 1.54) is 7.05 Å². The van der Waals surface area contributed by atoms with Gasteiger partial charge in [0.25, 0.3) is 0 Å². The fourth-order valence-electron chi connectivity index (χ4n) is 7.26. The zero-order chi connectivity index (χ0) is 33.4. The molecule has 0 unspecified atom stereocenters. The molecule has 252 valence electrons. The van der Waals surface area contributed by atoms with Crippen LogP contribution in [0.3, 0.4) is 0 Å². The largest absolute Gasteiger partial charge is 0.465 e. The predicted octanol–water partition coefficient (Wildman–Crippen LogP) is 5.60. The highest BCUT2D eigenvalue weighted by Gasteiger charge is 2.44. The van der Waals surface area contributed by atoms with Crippen LogP contribution < -0.4 is 5.32 Å². The van der Waals surface area contributed by atoms with Gasteiger partial charge < -0.3 is 34.8 Å². The summed E-state index contributed by atoms with van der Waals surface area (Å²) in [5.74, 6) is 0.738. The van der Waals surface area contributed by atoms with Gasteiger partial charge in [0, 0.05) is 20.0 Å². The van der Waals surface area contributed by atoms with Gasteiger partial charge in [-0.25, -0.2) is 14.8 Å². The molecule has 1 spiro atoms. The van der Waals surface area contributed by atoms with Gasteiger partial charge in [0.15, 0.2) is 5.79 Å². The molecule has 3 aliphatic rings. The number of likely N-dealkylation sites (tertiary alicyclic amines) is 1. The van der Waals surface area contributed by atoms with Crippen molar-refractivity contribution in [3.05, 3.63) is 72.6 Å². The maximum absolute atomic E-state index is 13.5. The van der Waals surface area contributed by atoms with Crippen LogP contribution in [-0.4, -0.2) is 92.0 Å². The predicted molar refractivity (Wildman–Crippen MR) is 180 cm³/mol. The Bertz CT molecular complexity index is 1740. The highest BCUT2D eigenvalue weighted by atomic mass is 16.7. The fraction of sp³-hybridized carbons (Fsp3) is 0.444. The van der Waals surface area contributed by atoms with E-state index in [-0.39, 0.29) is 23.9 Å². The van der Waals surface area contributed by atoms with E-state index in [9.17, 15) is 14.7 Å². The summed E-state index contributed by atoms with van der Waals surface area (Å²) in [4.78, 5) is 44.4. The molecule has 3 aliphatic heterocycles. The number of likely N-dealkylation sites (N-methyl/N-ethyl adjacent to an activating group) is 1. The number of nitrogens with zero attached hydrogens (tertiary/aromatic N) is 4. The molecule has 0 bridgehead atoms. The Morgan fingerprint density at radius 1 is 0.896 bits per heavy atom. The van der Waals surface area contributed by atoms with Crippen molar-refractivity contribution in [1.29, 1.82) is 0 Å². The lowest BCUT2D eigenvalue weighted by molar-refractivity contribution is -0.255. The third kappa shape index (κ3) is 6.23. The molecule has 7 rings (SSSR count). The molecule has 3 atom stereocenters. The maximum Gasteiger partial charge on any atom is 0.407 e. The van der Waals surface area contributed by atoms with Crippen LogP contribution in [0.25, 0.3) is 33.6 Å². The van der Waals surface area contributed by atoms with Crippen molar-refractivity contribution in [2.45, 2.75) is 63.4 Å². The molecule has 3 saturated heterocycles. The first kappa shape index (κ1) is 32.0. The van der Waals surface area contributed by atoms with E-state index in [0.717, 1.165) is 89.1 Å². The monoisotopic (exact) mass is 653 g/mol. The Balaban J connectivity index is 1.00. The zero-order valence-corrected chi connectivity index (χ0v) is 27.6. The summed E-state index contributed by atoms with van der Waals surface area (Å²) in [5.41, 5.74) is 6.09. The first-order chi connectivity index (χ1) is 23.2. The topological polar surface area (TPSA) is 149 Å². The number of ether oxygens (including phenoxy) is 2. The molecule has 2 aromatic carbocycles. The normalized spacial score (nSPS) is 21.2. The van der Waals surface area contributed by atoms with Crippen LogP contribution >= 0.6 is 0 Å². The Hall–Kier alpha value is -4.52. The number of H-pyrrole nitrogens is 2. The van der Waals surface area contributed by atoms with Gasteiger partial charge >= 0.3 is 6.09 Å². The number of hydrogen-bond donors (Lipinski definition) is 4. The number of carbonyl (C=O) groups excluding carboxylic acids is 1. The summed E-state index contributed by atoms with van der Waals surface area (Å²) in [6.45, 7) is 6.45. The third-order valence-electron chi connectivity index (χ3n) is 9.85. The van der Waals surface area contributed by atoms with Gasteiger partial charge in [-0.05, 0) is 47.4 Å². The summed E-state index contributed by atoms with van der Waals surface area (Å²) >= 11 is 0. The van der Waals surface area contributed by atoms with E-state index in [0.29, 0.717) is 13.1 Å². The Kier molecular flexibility index (Phi) is 8.80. The third-order valence-corrected chi connectivity index (χ3v) is 9.85. The number of benzene rings is 2. The fourth-order valence-corrected chi connectivity index (χ4v) is 7.26. The zero-order valence-electron chi connectivity index (χ0n) is 27.6. The molecule has 0 radical (unpaired) electrons. The van der Waals surface area contributed by atoms with Crippen molar-refractivity contribution in [3.8, 4) is 33.6 Å². The minimum atomic E-state index is -1.11. The van der Waals surface area contributed by atoms with Crippen LogP contribution in [-0.2, 0) is 14.3 Å². The second-order valence-corrected chi connectivity index (χ2v) is 13.4. The molecule has 3 fully saturated rings. The second kappa shape index (κ2) is 13.2. The molecule has 48 heavy (non-hydrogen) atoms. The van der Waals surface area contributed by atoms with Crippen molar-refractivity contribution in [1.82, 2.24) is 35.1 Å². The highest BCUT2D eigenvalue weighted by Crippen LogP contribution is 2.36. The quantitative estimate of drug-likeness (QED) is 0.192. The first-order valence-corrected chi connectivity index (χ1v) is 16.8. The van der Waals surface area contributed by atoms with Crippen molar-refractivity contribution < 1.29 is 24.2 Å². The van der Waals surface area contributed by atoms with Gasteiger partial charge in [0.05, 0.1) is 55.6 Å². The van der Waals surface area contributed by atoms with Crippen LogP contribution in [0.15, 0.2) is 60.9 Å². The molecular formula is C36H43N7O5. The smallest absolute Gasteiger partial charge is 0.407 e. The van der Waals surface area contributed by atoms with Crippen LogP contribution in [0, 0.1) is 5.92 Å². The lowest BCUT2D eigenvalue weighted by atomic mass is 10.0. The van der Waals surface area contributed by atoms with Crippen LogP contribution in [0.4, 0.5) is 4.79 Å². The summed E-state index contributed by atoms with van der Waals surface area (Å²) in [6.07, 6.45) is 5.86. The van der Waals surface area contributed by atoms with Gasteiger partial charge in [-0.2, -0.15) is 0 Å². The van der Waals surface area contributed by atoms with E-state index < -0.39 is 17.9 Å². The average molecular weight is 654 g/mol. The van der Waals surface area contributed by atoms with Gasteiger partial charge in [0.2, 0.25) is 5.91 Å². The van der Waals surface area contributed by atoms with Gasteiger partial charge in [-0.1, -0.05) is 62.4 Å². The number of aromatic amines is 2. The maximum atomic E-state index is 13.5.